The Morgan fingerprint density at radius 2 is 2.17 bits per heavy atom. The molecule has 130 valence electrons. The van der Waals surface area contributed by atoms with Crippen LogP contribution in [0.4, 0.5) is 0 Å². The van der Waals surface area contributed by atoms with Crippen molar-refractivity contribution in [2.45, 2.75) is 31.3 Å². The molecular weight excluding hydrogens is 304 g/mol. The van der Waals surface area contributed by atoms with Crippen LogP contribution in [0.5, 0.6) is 5.75 Å². The maximum absolute atomic E-state index is 12.7. The van der Waals surface area contributed by atoms with Crippen molar-refractivity contribution in [3.05, 3.63) is 29.8 Å². The predicted octanol–water partition coefficient (Wildman–Crippen LogP) is 1.56. The maximum Gasteiger partial charge on any atom is 0.227 e. The number of amides is 1. The highest BCUT2D eigenvalue weighted by molar-refractivity contribution is 5.79. The first kappa shape index (κ1) is 15.9. The van der Waals surface area contributed by atoms with Crippen LogP contribution in [-0.2, 0) is 16.0 Å². The summed E-state index contributed by atoms with van der Waals surface area (Å²) in [6.45, 7) is 4.25. The maximum atomic E-state index is 12.7. The zero-order chi connectivity index (χ0) is 16.5. The van der Waals surface area contributed by atoms with Gasteiger partial charge in [0.15, 0.2) is 0 Å². The van der Waals surface area contributed by atoms with Crippen molar-refractivity contribution in [3.63, 3.8) is 0 Å². The van der Waals surface area contributed by atoms with Gasteiger partial charge >= 0.3 is 0 Å². The summed E-state index contributed by atoms with van der Waals surface area (Å²) in [7, 11) is 1.65. The molecular formula is C19H26N2O3. The van der Waals surface area contributed by atoms with Gasteiger partial charge < -0.3 is 14.4 Å². The van der Waals surface area contributed by atoms with Crippen molar-refractivity contribution < 1.29 is 14.3 Å². The number of ether oxygens (including phenoxy) is 2. The Hall–Kier alpha value is -1.59. The number of piperazine rings is 1. The normalized spacial score (nSPS) is 27.6. The van der Waals surface area contributed by atoms with Crippen molar-refractivity contribution >= 4 is 5.91 Å². The Balaban J connectivity index is 1.37. The van der Waals surface area contributed by atoms with E-state index in [1.165, 1.54) is 12.8 Å². The molecule has 0 spiro atoms. The number of hydrogen-bond donors (Lipinski definition) is 0. The lowest BCUT2D eigenvalue weighted by atomic mass is 10.0. The molecule has 2 saturated heterocycles. The molecule has 5 heteroatoms. The first-order chi connectivity index (χ1) is 11.7. The van der Waals surface area contributed by atoms with Gasteiger partial charge in [0.2, 0.25) is 5.91 Å². The number of nitrogens with zero attached hydrogens (tertiary/aromatic N) is 2. The van der Waals surface area contributed by atoms with E-state index in [1.807, 2.05) is 29.2 Å². The summed E-state index contributed by atoms with van der Waals surface area (Å²) in [6.07, 6.45) is 3.13. The van der Waals surface area contributed by atoms with Gasteiger partial charge in [0.1, 0.15) is 5.75 Å². The summed E-state index contributed by atoms with van der Waals surface area (Å²) >= 11 is 0. The minimum Gasteiger partial charge on any atom is -0.497 e. The number of hydrogen-bond acceptors (Lipinski definition) is 4. The highest BCUT2D eigenvalue weighted by Crippen LogP contribution is 2.38. The van der Waals surface area contributed by atoms with Gasteiger partial charge in [0, 0.05) is 25.7 Å². The van der Waals surface area contributed by atoms with E-state index < -0.39 is 0 Å². The second kappa shape index (κ2) is 6.73. The minimum absolute atomic E-state index is 0.205. The molecule has 3 aliphatic rings. The van der Waals surface area contributed by atoms with E-state index in [4.69, 9.17) is 9.47 Å². The monoisotopic (exact) mass is 330 g/mol. The number of morpholine rings is 1. The fraction of sp³-hybridized carbons (Fsp3) is 0.632. The number of carbonyl (C=O) groups is 1. The highest BCUT2D eigenvalue weighted by Gasteiger charge is 2.43. The number of benzene rings is 1. The molecule has 1 aromatic carbocycles. The molecule has 0 aromatic heterocycles. The van der Waals surface area contributed by atoms with E-state index in [0.717, 1.165) is 50.1 Å². The molecule has 1 aromatic rings. The third-order valence-corrected chi connectivity index (χ3v) is 5.56. The predicted molar refractivity (Wildman–Crippen MR) is 91.1 cm³/mol. The molecule has 3 fully saturated rings. The molecule has 1 saturated carbocycles. The summed E-state index contributed by atoms with van der Waals surface area (Å²) in [5.74, 6) is 1.83. The van der Waals surface area contributed by atoms with Crippen LogP contribution in [-0.4, -0.2) is 67.7 Å². The van der Waals surface area contributed by atoms with Crippen LogP contribution in [0.3, 0.4) is 0 Å². The lowest BCUT2D eigenvalue weighted by Gasteiger charge is -2.48. The molecule has 4 rings (SSSR count). The third kappa shape index (κ3) is 3.28. The van der Waals surface area contributed by atoms with E-state index in [2.05, 4.69) is 4.90 Å². The van der Waals surface area contributed by atoms with Crippen molar-refractivity contribution in [2.24, 2.45) is 5.92 Å². The molecule has 0 unspecified atom stereocenters. The molecule has 24 heavy (non-hydrogen) atoms. The van der Waals surface area contributed by atoms with Gasteiger partial charge in [-0.3, -0.25) is 9.69 Å². The minimum atomic E-state index is 0.205. The molecule has 1 amide bonds. The van der Waals surface area contributed by atoms with Crippen molar-refractivity contribution in [1.29, 1.82) is 0 Å². The second-order valence-electron chi connectivity index (χ2n) is 7.20. The van der Waals surface area contributed by atoms with Gasteiger partial charge in [-0.15, -0.1) is 0 Å². The fourth-order valence-corrected chi connectivity index (χ4v) is 4.06. The van der Waals surface area contributed by atoms with Gasteiger partial charge in [0.05, 0.1) is 32.8 Å². The van der Waals surface area contributed by atoms with E-state index in [1.54, 1.807) is 7.11 Å². The van der Waals surface area contributed by atoms with Crippen molar-refractivity contribution in [3.8, 4) is 5.75 Å². The topological polar surface area (TPSA) is 42.0 Å². The Labute approximate surface area is 143 Å². The zero-order valence-electron chi connectivity index (χ0n) is 14.3. The van der Waals surface area contributed by atoms with Crippen molar-refractivity contribution in [1.82, 2.24) is 9.80 Å². The van der Waals surface area contributed by atoms with Crippen LogP contribution in [0.25, 0.3) is 0 Å². The van der Waals surface area contributed by atoms with Gasteiger partial charge in [-0.2, -0.15) is 0 Å². The smallest absolute Gasteiger partial charge is 0.227 e. The van der Waals surface area contributed by atoms with Crippen LogP contribution >= 0.6 is 0 Å². The third-order valence-electron chi connectivity index (χ3n) is 5.56. The molecule has 1 aliphatic carbocycles. The van der Waals surface area contributed by atoms with Crippen LogP contribution < -0.4 is 4.74 Å². The lowest BCUT2D eigenvalue weighted by Crippen LogP contribution is -2.63. The quantitative estimate of drug-likeness (QED) is 0.840. The summed E-state index contributed by atoms with van der Waals surface area (Å²) < 4.78 is 11.1. The van der Waals surface area contributed by atoms with Crippen LogP contribution in [0.2, 0.25) is 0 Å². The molecule has 5 nitrogen and oxygen atoms in total. The summed E-state index contributed by atoms with van der Waals surface area (Å²) in [5, 5.41) is 0. The molecule has 2 heterocycles. The first-order valence-electron chi connectivity index (χ1n) is 8.99. The van der Waals surface area contributed by atoms with E-state index in [0.29, 0.717) is 18.5 Å². The summed E-state index contributed by atoms with van der Waals surface area (Å²) in [6, 6.07) is 8.73. The van der Waals surface area contributed by atoms with Crippen LogP contribution in [0.1, 0.15) is 18.4 Å². The highest BCUT2D eigenvalue weighted by atomic mass is 16.5. The van der Waals surface area contributed by atoms with E-state index >= 15 is 0 Å². The second-order valence-corrected chi connectivity index (χ2v) is 7.20. The summed E-state index contributed by atoms with van der Waals surface area (Å²) in [4.78, 5) is 17.3. The molecule has 2 aliphatic heterocycles. The number of carbonyl (C=O) groups excluding carboxylic acids is 1. The van der Waals surface area contributed by atoms with Crippen molar-refractivity contribution in [2.75, 3.05) is 40.0 Å². The summed E-state index contributed by atoms with van der Waals surface area (Å²) in [5.41, 5.74) is 1.01. The van der Waals surface area contributed by atoms with Crippen LogP contribution in [0.15, 0.2) is 24.3 Å². The average molecular weight is 330 g/mol. The molecule has 0 N–H and O–H groups in total. The average Bonchev–Trinajstić information content (AvgIpc) is 3.46. The first-order valence-corrected chi connectivity index (χ1v) is 8.99. The van der Waals surface area contributed by atoms with Gasteiger partial charge in [-0.25, -0.2) is 0 Å². The number of methoxy groups -OCH3 is 1. The molecule has 0 radical (unpaired) electrons. The van der Waals surface area contributed by atoms with Crippen LogP contribution in [0, 0.1) is 5.92 Å². The SMILES string of the molecule is COc1cccc(CC(=O)N2CCN3[C@@H](COC[C@@H]3C3CC3)C2)c1. The molecule has 0 bridgehead atoms. The van der Waals surface area contributed by atoms with Gasteiger partial charge in [0.25, 0.3) is 0 Å². The van der Waals surface area contributed by atoms with Gasteiger partial charge in [-0.1, -0.05) is 12.1 Å². The Morgan fingerprint density at radius 1 is 1.29 bits per heavy atom. The Bertz CT molecular complexity index is 602. The van der Waals surface area contributed by atoms with E-state index in [-0.39, 0.29) is 5.91 Å². The Kier molecular flexibility index (Phi) is 4.46. The Morgan fingerprint density at radius 3 is 2.96 bits per heavy atom. The zero-order valence-corrected chi connectivity index (χ0v) is 14.3. The standard InChI is InChI=1S/C19H26N2O3/c1-23-17-4-2-3-14(9-17)10-19(22)20-7-8-21-16(11-20)12-24-13-18(21)15-5-6-15/h2-4,9,15-16,18H,5-8,10-13H2,1H3/t16-,18-/m1/s1. The molecule has 2 atom stereocenters. The fourth-order valence-electron chi connectivity index (χ4n) is 4.06. The van der Waals surface area contributed by atoms with Gasteiger partial charge in [-0.05, 0) is 36.5 Å². The largest absolute Gasteiger partial charge is 0.497 e. The lowest BCUT2D eigenvalue weighted by molar-refractivity contribution is -0.139. The van der Waals surface area contributed by atoms with E-state index in [9.17, 15) is 4.79 Å². The number of rotatable bonds is 4. The number of fused-ring (bicyclic) bond motifs is 1.